The van der Waals surface area contributed by atoms with Gasteiger partial charge in [0.05, 0.1) is 17.6 Å². The van der Waals surface area contributed by atoms with Crippen LogP contribution in [0.25, 0.3) is 0 Å². The van der Waals surface area contributed by atoms with Crippen molar-refractivity contribution in [1.29, 1.82) is 0 Å². The molecule has 0 aliphatic rings. The lowest BCUT2D eigenvalue weighted by atomic mass is 10.0. The lowest BCUT2D eigenvalue weighted by Gasteiger charge is -2.23. The molecule has 0 radical (unpaired) electrons. The number of carbonyl (C=O) groups excluding carboxylic acids is 1. The summed E-state index contributed by atoms with van der Waals surface area (Å²) >= 11 is 10.8. The van der Waals surface area contributed by atoms with Crippen LogP contribution in [0.2, 0.25) is 0 Å². The fourth-order valence-electron chi connectivity index (χ4n) is 1.59. The van der Waals surface area contributed by atoms with Crippen molar-refractivity contribution in [3.63, 3.8) is 0 Å². The van der Waals surface area contributed by atoms with Gasteiger partial charge in [-0.25, -0.2) is 5.90 Å². The lowest BCUT2D eigenvalue weighted by molar-refractivity contribution is -0.384. The van der Waals surface area contributed by atoms with Crippen molar-refractivity contribution < 1.29 is 19.7 Å². The highest BCUT2D eigenvalue weighted by Crippen LogP contribution is 2.21. The molecule has 1 aromatic carbocycles. The van der Waals surface area contributed by atoms with E-state index in [1.165, 1.54) is 24.3 Å². The molecule has 0 unspecified atom stereocenters. The maximum Gasteiger partial charge on any atom is 0.269 e. The maximum atomic E-state index is 11.4. The van der Waals surface area contributed by atoms with Crippen molar-refractivity contribution in [2.45, 2.75) is 17.0 Å². The number of hydrogen-bond acceptors (Lipinski definition) is 6. The Bertz CT molecular complexity index is 497. The van der Waals surface area contributed by atoms with Gasteiger partial charge in [0.2, 0.25) is 0 Å². The van der Waals surface area contributed by atoms with Gasteiger partial charge in [0, 0.05) is 12.1 Å². The quantitative estimate of drug-likeness (QED) is 0.383. The Morgan fingerprint density at radius 3 is 2.43 bits per heavy atom. The second-order valence-corrected chi connectivity index (χ2v) is 5.14. The standard InChI is InChI=1S/C11H13Cl2N3O5/c12-10(13)11(18)15-8(5-21-14)9(17)6-1-3-7(4-2-6)16(19)20/h1-4,8-10,17H,5,14H2,(H,15,18)/t8-,9-/m1/s1. The summed E-state index contributed by atoms with van der Waals surface area (Å²) in [5.41, 5.74) is 0.215. The number of carbonyl (C=O) groups is 1. The number of nitro groups is 1. The molecule has 4 N–H and O–H groups in total. The van der Waals surface area contributed by atoms with Gasteiger partial charge in [-0.05, 0) is 17.7 Å². The van der Waals surface area contributed by atoms with Gasteiger partial charge in [-0.1, -0.05) is 23.2 Å². The zero-order valence-corrected chi connectivity index (χ0v) is 12.1. The second-order valence-electron chi connectivity index (χ2n) is 4.04. The van der Waals surface area contributed by atoms with Crippen LogP contribution in [0.15, 0.2) is 24.3 Å². The van der Waals surface area contributed by atoms with E-state index in [1.807, 2.05) is 0 Å². The number of non-ortho nitro benzene ring substituents is 1. The predicted octanol–water partition coefficient (Wildman–Crippen LogP) is 0.807. The van der Waals surface area contributed by atoms with E-state index in [0.29, 0.717) is 5.56 Å². The Balaban J connectivity index is 2.86. The highest BCUT2D eigenvalue weighted by Gasteiger charge is 2.25. The number of nitrogens with two attached hydrogens (primary N) is 1. The summed E-state index contributed by atoms with van der Waals surface area (Å²) in [5.74, 6) is 4.22. The molecule has 1 rings (SSSR count). The molecule has 2 atom stereocenters. The Hall–Kier alpha value is -1.45. The lowest BCUT2D eigenvalue weighted by Crippen LogP contribution is -2.45. The molecule has 0 bridgehead atoms. The molecule has 1 amide bonds. The summed E-state index contributed by atoms with van der Waals surface area (Å²) in [6, 6.07) is 4.26. The number of aliphatic hydroxyl groups excluding tert-OH is 1. The van der Waals surface area contributed by atoms with Gasteiger partial charge < -0.3 is 15.3 Å². The van der Waals surface area contributed by atoms with Crippen LogP contribution < -0.4 is 11.2 Å². The molecule has 0 fully saturated rings. The number of nitrogens with one attached hydrogen (secondary N) is 1. The first-order valence-electron chi connectivity index (χ1n) is 5.69. The van der Waals surface area contributed by atoms with Crippen molar-refractivity contribution in [2.24, 2.45) is 5.90 Å². The third-order valence-corrected chi connectivity index (χ3v) is 3.02. The van der Waals surface area contributed by atoms with E-state index in [0.717, 1.165) is 0 Å². The zero-order valence-electron chi connectivity index (χ0n) is 10.6. The summed E-state index contributed by atoms with van der Waals surface area (Å²) in [7, 11) is 0. The fraction of sp³-hybridized carbons (Fsp3) is 0.364. The largest absolute Gasteiger partial charge is 0.386 e. The van der Waals surface area contributed by atoms with Gasteiger partial charge in [-0.2, -0.15) is 0 Å². The number of rotatable bonds is 7. The van der Waals surface area contributed by atoms with Crippen molar-refractivity contribution in [2.75, 3.05) is 6.61 Å². The Labute approximate surface area is 129 Å². The van der Waals surface area contributed by atoms with Crippen LogP contribution >= 0.6 is 23.2 Å². The maximum absolute atomic E-state index is 11.4. The van der Waals surface area contributed by atoms with Crippen molar-refractivity contribution in [3.05, 3.63) is 39.9 Å². The average Bonchev–Trinajstić information content (AvgIpc) is 2.45. The minimum absolute atomic E-state index is 0.122. The zero-order chi connectivity index (χ0) is 16.0. The topological polar surface area (TPSA) is 128 Å². The van der Waals surface area contributed by atoms with Gasteiger partial charge in [0.25, 0.3) is 11.6 Å². The van der Waals surface area contributed by atoms with Crippen LogP contribution in [-0.2, 0) is 9.63 Å². The Morgan fingerprint density at radius 2 is 2.00 bits per heavy atom. The molecule has 1 aromatic rings. The van der Waals surface area contributed by atoms with E-state index in [2.05, 4.69) is 10.2 Å². The first-order valence-corrected chi connectivity index (χ1v) is 6.56. The molecule has 0 heterocycles. The molecule has 0 spiro atoms. The van der Waals surface area contributed by atoms with E-state index in [4.69, 9.17) is 29.1 Å². The second kappa shape index (κ2) is 8.11. The van der Waals surface area contributed by atoms with Gasteiger partial charge >= 0.3 is 0 Å². The molecule has 0 saturated carbocycles. The number of halogens is 2. The first kappa shape index (κ1) is 17.6. The van der Waals surface area contributed by atoms with Crippen LogP contribution in [-0.4, -0.2) is 33.4 Å². The molecule has 21 heavy (non-hydrogen) atoms. The number of amides is 1. The van der Waals surface area contributed by atoms with E-state index < -0.39 is 27.8 Å². The molecule has 8 nitrogen and oxygen atoms in total. The Morgan fingerprint density at radius 1 is 1.43 bits per heavy atom. The van der Waals surface area contributed by atoms with E-state index in [-0.39, 0.29) is 12.3 Å². The Kier molecular flexibility index (Phi) is 6.79. The van der Waals surface area contributed by atoms with Gasteiger partial charge in [-0.15, -0.1) is 0 Å². The van der Waals surface area contributed by atoms with Crippen LogP contribution in [0.4, 0.5) is 5.69 Å². The van der Waals surface area contributed by atoms with Crippen LogP contribution in [0.5, 0.6) is 0 Å². The van der Waals surface area contributed by atoms with Gasteiger partial charge in [0.15, 0.2) is 4.84 Å². The first-order chi connectivity index (χ1) is 9.86. The number of nitro benzene ring substituents is 1. The van der Waals surface area contributed by atoms with Crippen molar-refractivity contribution in [1.82, 2.24) is 5.32 Å². The van der Waals surface area contributed by atoms with E-state index in [9.17, 15) is 20.0 Å². The number of aliphatic hydroxyl groups is 1. The third kappa shape index (κ3) is 5.10. The number of hydrogen-bond donors (Lipinski definition) is 3. The predicted molar refractivity (Wildman–Crippen MR) is 75.6 cm³/mol. The smallest absolute Gasteiger partial charge is 0.269 e. The monoisotopic (exact) mass is 337 g/mol. The van der Waals surface area contributed by atoms with Crippen LogP contribution in [0, 0.1) is 10.1 Å². The summed E-state index contributed by atoms with van der Waals surface area (Å²) in [6.45, 7) is -0.204. The molecule has 0 aliphatic carbocycles. The molecule has 10 heteroatoms. The third-order valence-electron chi connectivity index (χ3n) is 2.63. The van der Waals surface area contributed by atoms with Gasteiger partial charge in [-0.3, -0.25) is 14.9 Å². The van der Waals surface area contributed by atoms with Crippen molar-refractivity contribution in [3.8, 4) is 0 Å². The van der Waals surface area contributed by atoms with E-state index in [1.54, 1.807) is 0 Å². The highest BCUT2D eigenvalue weighted by molar-refractivity contribution is 6.53. The molecule has 0 aliphatic heterocycles. The number of alkyl halides is 2. The molecule has 116 valence electrons. The normalized spacial score (nSPS) is 13.8. The highest BCUT2D eigenvalue weighted by atomic mass is 35.5. The minimum atomic E-state index is -1.31. The summed E-state index contributed by atoms with van der Waals surface area (Å²) < 4.78 is 0. The van der Waals surface area contributed by atoms with Crippen molar-refractivity contribution >= 4 is 34.8 Å². The summed E-state index contributed by atoms with van der Waals surface area (Å²) in [6.07, 6.45) is -1.20. The molecule has 0 aromatic heterocycles. The number of benzene rings is 1. The molecular weight excluding hydrogens is 325 g/mol. The fourth-order valence-corrected chi connectivity index (χ4v) is 1.71. The van der Waals surface area contributed by atoms with Crippen LogP contribution in [0.1, 0.15) is 11.7 Å². The van der Waals surface area contributed by atoms with Crippen LogP contribution in [0.3, 0.4) is 0 Å². The minimum Gasteiger partial charge on any atom is -0.386 e. The number of nitrogens with zero attached hydrogens (tertiary/aromatic N) is 1. The van der Waals surface area contributed by atoms with Gasteiger partial charge in [0.1, 0.15) is 6.10 Å². The SMILES string of the molecule is NOC[C@@H](NC(=O)C(Cl)Cl)[C@H](O)c1ccc([N+](=O)[O-])cc1. The summed E-state index contributed by atoms with van der Waals surface area (Å²) in [4.78, 5) is 24.5. The average molecular weight is 338 g/mol. The molecule has 0 saturated heterocycles. The summed E-state index contributed by atoms with van der Waals surface area (Å²) in [5, 5.41) is 23.1. The molecular formula is C11H13Cl2N3O5. The van der Waals surface area contributed by atoms with E-state index >= 15 is 0 Å².